The molecule has 0 fully saturated rings. The minimum absolute atomic E-state index is 0.291. The lowest BCUT2D eigenvalue weighted by molar-refractivity contribution is 0.155. The molecule has 1 aliphatic heterocycles. The Kier molecular flexibility index (Phi) is 2.59. The maximum atomic E-state index is 6.02. The van der Waals surface area contributed by atoms with E-state index in [1.807, 2.05) is 0 Å². The molecule has 1 aliphatic rings. The minimum atomic E-state index is 0.291. The summed E-state index contributed by atoms with van der Waals surface area (Å²) in [6.07, 6.45) is 0.291. The molecule has 1 aromatic carbocycles. The molecule has 0 radical (unpaired) electrons. The topological polar surface area (TPSA) is 21.3 Å². The van der Waals surface area contributed by atoms with E-state index in [2.05, 4.69) is 45.1 Å². The van der Waals surface area contributed by atoms with Crippen LogP contribution < -0.4 is 10.1 Å². The fraction of sp³-hybridized carbons (Fsp3) is 0.538. The molecular weight excluding hydrogens is 186 g/mol. The Morgan fingerprint density at radius 2 is 2.07 bits per heavy atom. The fourth-order valence-electron chi connectivity index (χ4n) is 2.02. The van der Waals surface area contributed by atoms with Crippen molar-refractivity contribution < 1.29 is 4.74 Å². The molecule has 0 spiro atoms. The first-order valence-electron chi connectivity index (χ1n) is 5.59. The molecule has 1 heterocycles. The van der Waals surface area contributed by atoms with Crippen LogP contribution in [0.25, 0.3) is 0 Å². The van der Waals surface area contributed by atoms with Gasteiger partial charge in [0.15, 0.2) is 0 Å². The minimum Gasteiger partial charge on any atom is -0.486 e. The third-order valence-electron chi connectivity index (χ3n) is 2.93. The van der Waals surface area contributed by atoms with E-state index in [9.17, 15) is 0 Å². The van der Waals surface area contributed by atoms with E-state index in [-0.39, 0.29) is 0 Å². The molecule has 2 nitrogen and oxygen atoms in total. The number of rotatable bonds is 1. The fourth-order valence-corrected chi connectivity index (χ4v) is 2.02. The first-order valence-corrected chi connectivity index (χ1v) is 5.59. The summed E-state index contributed by atoms with van der Waals surface area (Å²) in [6, 6.07) is 4.32. The summed E-state index contributed by atoms with van der Waals surface area (Å²) in [4.78, 5) is 0. The van der Waals surface area contributed by atoms with Crippen molar-refractivity contribution in [2.24, 2.45) is 5.92 Å². The van der Waals surface area contributed by atoms with Crippen LogP contribution in [-0.2, 0) is 0 Å². The van der Waals surface area contributed by atoms with Crippen LogP contribution in [0.3, 0.4) is 0 Å². The van der Waals surface area contributed by atoms with E-state index in [4.69, 9.17) is 4.74 Å². The summed E-state index contributed by atoms with van der Waals surface area (Å²) in [6.45, 7) is 9.52. The highest BCUT2D eigenvalue weighted by atomic mass is 16.5. The van der Waals surface area contributed by atoms with Crippen LogP contribution in [0.15, 0.2) is 12.1 Å². The van der Waals surface area contributed by atoms with Gasteiger partial charge < -0.3 is 10.1 Å². The van der Waals surface area contributed by atoms with Gasteiger partial charge in [-0.2, -0.15) is 0 Å². The molecule has 0 amide bonds. The average Bonchev–Trinajstić information content (AvgIpc) is 2.16. The van der Waals surface area contributed by atoms with E-state index in [1.165, 1.54) is 11.1 Å². The van der Waals surface area contributed by atoms with Gasteiger partial charge in [0, 0.05) is 0 Å². The predicted octanol–water partition coefficient (Wildman–Crippen LogP) is 3.13. The second-order valence-corrected chi connectivity index (χ2v) is 4.74. The molecule has 0 bridgehead atoms. The molecule has 0 aliphatic carbocycles. The van der Waals surface area contributed by atoms with Gasteiger partial charge in [0.2, 0.25) is 0 Å². The van der Waals surface area contributed by atoms with Gasteiger partial charge in [-0.05, 0) is 37.0 Å². The number of hydrogen-bond donors (Lipinski definition) is 1. The van der Waals surface area contributed by atoms with Crippen molar-refractivity contribution in [3.63, 3.8) is 0 Å². The predicted molar refractivity (Wildman–Crippen MR) is 63.7 cm³/mol. The van der Waals surface area contributed by atoms with Gasteiger partial charge in [0.25, 0.3) is 0 Å². The van der Waals surface area contributed by atoms with Crippen LogP contribution in [0.1, 0.15) is 25.0 Å². The number of fused-ring (bicyclic) bond motifs is 1. The summed E-state index contributed by atoms with van der Waals surface area (Å²) in [5.74, 6) is 1.58. The van der Waals surface area contributed by atoms with Crippen LogP contribution in [0.5, 0.6) is 5.75 Å². The molecule has 1 atom stereocenters. The van der Waals surface area contributed by atoms with Gasteiger partial charge in [-0.1, -0.05) is 19.9 Å². The highest BCUT2D eigenvalue weighted by molar-refractivity contribution is 5.63. The van der Waals surface area contributed by atoms with Crippen LogP contribution >= 0.6 is 0 Å². The van der Waals surface area contributed by atoms with Crippen LogP contribution in [0.4, 0.5) is 5.69 Å². The highest BCUT2D eigenvalue weighted by Gasteiger charge is 2.23. The smallest absolute Gasteiger partial charge is 0.145 e. The van der Waals surface area contributed by atoms with Gasteiger partial charge >= 0.3 is 0 Å². The standard InChI is InChI=1S/C13H19NO/c1-8(2)12-7-14-11-6-9(3)5-10(4)13(11)15-12/h5-6,8,12,14H,7H2,1-4H3. The van der Waals surface area contributed by atoms with Crippen LogP contribution in [0.2, 0.25) is 0 Å². The Labute approximate surface area is 91.6 Å². The Bertz CT molecular complexity index is 371. The van der Waals surface area contributed by atoms with Gasteiger partial charge in [-0.15, -0.1) is 0 Å². The molecule has 0 saturated heterocycles. The monoisotopic (exact) mass is 205 g/mol. The summed E-state index contributed by atoms with van der Waals surface area (Å²) >= 11 is 0. The molecule has 82 valence electrons. The van der Waals surface area contributed by atoms with Crippen molar-refractivity contribution in [2.75, 3.05) is 11.9 Å². The Balaban J connectivity index is 2.33. The van der Waals surface area contributed by atoms with Crippen molar-refractivity contribution >= 4 is 5.69 Å². The van der Waals surface area contributed by atoms with Gasteiger partial charge in [-0.3, -0.25) is 0 Å². The molecule has 2 heteroatoms. The molecule has 1 unspecified atom stereocenters. The second kappa shape index (κ2) is 3.76. The number of nitrogens with one attached hydrogen (secondary N) is 1. The van der Waals surface area contributed by atoms with Crippen LogP contribution in [0, 0.1) is 19.8 Å². The molecule has 0 saturated carbocycles. The highest BCUT2D eigenvalue weighted by Crippen LogP contribution is 2.34. The number of hydrogen-bond acceptors (Lipinski definition) is 2. The van der Waals surface area contributed by atoms with E-state index in [1.54, 1.807) is 0 Å². The first-order chi connectivity index (χ1) is 7.08. The summed E-state index contributed by atoms with van der Waals surface area (Å²) in [5.41, 5.74) is 3.65. The van der Waals surface area contributed by atoms with Crippen molar-refractivity contribution in [1.82, 2.24) is 0 Å². The van der Waals surface area contributed by atoms with Crippen molar-refractivity contribution in [2.45, 2.75) is 33.8 Å². The molecule has 2 rings (SSSR count). The third-order valence-corrected chi connectivity index (χ3v) is 2.93. The Hall–Kier alpha value is -1.18. The number of aryl methyl sites for hydroxylation is 2. The number of ether oxygens (including phenoxy) is 1. The molecular formula is C13H19NO. The normalized spacial score (nSPS) is 19.4. The SMILES string of the molecule is Cc1cc(C)c2c(c1)NCC(C(C)C)O2. The quantitative estimate of drug-likeness (QED) is 0.760. The maximum Gasteiger partial charge on any atom is 0.145 e. The van der Waals surface area contributed by atoms with Gasteiger partial charge in [0.1, 0.15) is 11.9 Å². The van der Waals surface area contributed by atoms with Crippen LogP contribution in [-0.4, -0.2) is 12.6 Å². The largest absolute Gasteiger partial charge is 0.486 e. The third kappa shape index (κ3) is 1.94. The number of benzene rings is 1. The zero-order chi connectivity index (χ0) is 11.0. The van der Waals surface area contributed by atoms with E-state index in [0.717, 1.165) is 18.0 Å². The average molecular weight is 205 g/mol. The van der Waals surface area contributed by atoms with Crippen molar-refractivity contribution in [3.05, 3.63) is 23.3 Å². The van der Waals surface area contributed by atoms with Gasteiger partial charge in [0.05, 0.1) is 12.2 Å². The molecule has 1 N–H and O–H groups in total. The second-order valence-electron chi connectivity index (χ2n) is 4.74. The molecule has 15 heavy (non-hydrogen) atoms. The van der Waals surface area contributed by atoms with E-state index < -0.39 is 0 Å². The molecule has 0 aromatic heterocycles. The zero-order valence-corrected chi connectivity index (χ0v) is 9.92. The summed E-state index contributed by atoms with van der Waals surface area (Å²) in [5, 5.41) is 3.45. The van der Waals surface area contributed by atoms with E-state index >= 15 is 0 Å². The lowest BCUT2D eigenvalue weighted by Gasteiger charge is -2.31. The van der Waals surface area contributed by atoms with Crippen molar-refractivity contribution in [1.29, 1.82) is 0 Å². The van der Waals surface area contributed by atoms with Crippen molar-refractivity contribution in [3.8, 4) is 5.75 Å². The molecule has 1 aromatic rings. The van der Waals surface area contributed by atoms with Gasteiger partial charge in [-0.25, -0.2) is 0 Å². The lowest BCUT2D eigenvalue weighted by Crippen LogP contribution is -2.35. The Morgan fingerprint density at radius 3 is 2.73 bits per heavy atom. The zero-order valence-electron chi connectivity index (χ0n) is 9.92. The maximum absolute atomic E-state index is 6.02. The first kappa shape index (κ1) is 10.3. The lowest BCUT2D eigenvalue weighted by atomic mass is 10.0. The summed E-state index contributed by atoms with van der Waals surface area (Å²) in [7, 11) is 0. The summed E-state index contributed by atoms with van der Waals surface area (Å²) < 4.78 is 6.02. The van der Waals surface area contributed by atoms with E-state index in [0.29, 0.717) is 12.0 Å². The number of anilines is 1. The Morgan fingerprint density at radius 1 is 1.33 bits per heavy atom.